The van der Waals surface area contributed by atoms with E-state index in [-0.39, 0.29) is 5.54 Å². The first-order valence-corrected chi connectivity index (χ1v) is 6.26. The van der Waals surface area contributed by atoms with Crippen LogP contribution in [0.3, 0.4) is 0 Å². The molecular weight excluding hydrogens is 232 g/mol. The van der Waals surface area contributed by atoms with E-state index in [9.17, 15) is 0 Å². The molecule has 0 saturated carbocycles. The van der Waals surface area contributed by atoms with E-state index in [1.165, 1.54) is 0 Å². The third kappa shape index (κ3) is 3.17. The van der Waals surface area contributed by atoms with Crippen molar-refractivity contribution in [3.8, 4) is 0 Å². The van der Waals surface area contributed by atoms with Gasteiger partial charge in [0.1, 0.15) is 4.99 Å². The molecule has 92 valence electrons. The smallest absolute Gasteiger partial charge is 0.103 e. The van der Waals surface area contributed by atoms with E-state index in [1.807, 2.05) is 24.3 Å². The topological polar surface area (TPSA) is 47.3 Å². The van der Waals surface area contributed by atoms with E-state index in [4.69, 9.17) is 22.7 Å². The lowest BCUT2D eigenvalue weighted by Gasteiger charge is -2.35. The van der Waals surface area contributed by atoms with Crippen molar-refractivity contribution in [2.24, 2.45) is 5.73 Å². The summed E-state index contributed by atoms with van der Waals surface area (Å²) in [6.45, 7) is 3.81. The second-order valence-corrected chi connectivity index (χ2v) is 5.22. The van der Waals surface area contributed by atoms with Gasteiger partial charge in [0, 0.05) is 17.9 Å². The van der Waals surface area contributed by atoms with Crippen LogP contribution < -0.4 is 11.1 Å². The molecule has 4 heteroatoms. The summed E-state index contributed by atoms with van der Waals surface area (Å²) in [6.07, 6.45) is 2.23. The number of anilines is 1. The van der Waals surface area contributed by atoms with Gasteiger partial charge in [-0.05, 0) is 44.0 Å². The highest BCUT2D eigenvalue weighted by molar-refractivity contribution is 7.80. The first-order chi connectivity index (χ1) is 8.09. The second-order valence-electron chi connectivity index (χ2n) is 4.78. The predicted molar refractivity (Wildman–Crippen MR) is 74.4 cm³/mol. The molecule has 1 aromatic carbocycles. The van der Waals surface area contributed by atoms with E-state index in [0.717, 1.165) is 37.3 Å². The molecule has 3 nitrogen and oxygen atoms in total. The Kier molecular flexibility index (Phi) is 3.64. The van der Waals surface area contributed by atoms with Crippen molar-refractivity contribution in [2.75, 3.05) is 18.5 Å². The van der Waals surface area contributed by atoms with Gasteiger partial charge in [0.25, 0.3) is 0 Å². The Morgan fingerprint density at radius 1 is 1.41 bits per heavy atom. The molecule has 0 spiro atoms. The lowest BCUT2D eigenvalue weighted by molar-refractivity contribution is 0.0540. The van der Waals surface area contributed by atoms with Crippen LogP contribution in [0.15, 0.2) is 24.3 Å². The highest BCUT2D eigenvalue weighted by Gasteiger charge is 2.27. The molecule has 1 unspecified atom stereocenters. The molecule has 0 amide bonds. The first kappa shape index (κ1) is 12.3. The average molecular weight is 250 g/mol. The number of hydrogen-bond acceptors (Lipinski definition) is 3. The van der Waals surface area contributed by atoms with Crippen molar-refractivity contribution in [1.29, 1.82) is 0 Å². The predicted octanol–water partition coefficient (Wildman–Crippen LogP) is 2.30. The molecule has 0 aromatic heterocycles. The summed E-state index contributed by atoms with van der Waals surface area (Å²) < 4.78 is 5.52. The van der Waals surface area contributed by atoms with Crippen molar-refractivity contribution in [3.05, 3.63) is 29.8 Å². The van der Waals surface area contributed by atoms with Crippen LogP contribution in [0, 0.1) is 0 Å². The summed E-state index contributed by atoms with van der Waals surface area (Å²) >= 11 is 4.93. The molecule has 1 atom stereocenters. The second kappa shape index (κ2) is 5.02. The molecule has 0 bridgehead atoms. The Hall–Kier alpha value is -1.13. The third-order valence-corrected chi connectivity index (χ3v) is 3.29. The Morgan fingerprint density at radius 3 is 2.65 bits per heavy atom. The number of thiocarbonyl (C=S) groups is 1. The standard InChI is InChI=1S/C13H18N2OS/c1-13(7-2-8-16-9-13)15-11-5-3-10(4-6-11)12(14)17/h3-6,15H,2,7-9H2,1H3,(H2,14,17). The van der Waals surface area contributed by atoms with Gasteiger partial charge in [-0.15, -0.1) is 0 Å². The Labute approximate surface area is 107 Å². The van der Waals surface area contributed by atoms with Gasteiger partial charge in [-0.2, -0.15) is 0 Å². The summed E-state index contributed by atoms with van der Waals surface area (Å²) in [5, 5.41) is 3.51. The number of nitrogens with one attached hydrogen (secondary N) is 1. The normalized spacial score (nSPS) is 24.3. The van der Waals surface area contributed by atoms with E-state index in [1.54, 1.807) is 0 Å². The fraction of sp³-hybridized carbons (Fsp3) is 0.462. The zero-order chi connectivity index (χ0) is 12.3. The summed E-state index contributed by atoms with van der Waals surface area (Å²) in [5.41, 5.74) is 7.58. The first-order valence-electron chi connectivity index (χ1n) is 5.85. The SMILES string of the molecule is CC1(Nc2ccc(C(N)=S)cc2)CCCOC1. The fourth-order valence-electron chi connectivity index (χ4n) is 2.10. The van der Waals surface area contributed by atoms with Crippen LogP contribution in [0.5, 0.6) is 0 Å². The molecule has 2 rings (SSSR count). The summed E-state index contributed by atoms with van der Waals surface area (Å²) in [6, 6.07) is 7.90. The van der Waals surface area contributed by atoms with Crippen LogP contribution in [0.4, 0.5) is 5.69 Å². The van der Waals surface area contributed by atoms with Crippen LogP contribution in [0.1, 0.15) is 25.3 Å². The zero-order valence-electron chi connectivity index (χ0n) is 10.0. The molecule has 1 aliphatic heterocycles. The molecule has 1 saturated heterocycles. The maximum Gasteiger partial charge on any atom is 0.103 e. The van der Waals surface area contributed by atoms with Gasteiger partial charge in [0.15, 0.2) is 0 Å². The van der Waals surface area contributed by atoms with Crippen LogP contribution in [-0.2, 0) is 4.74 Å². The van der Waals surface area contributed by atoms with E-state index in [0.29, 0.717) is 4.99 Å². The van der Waals surface area contributed by atoms with E-state index in [2.05, 4.69) is 12.2 Å². The summed E-state index contributed by atoms with van der Waals surface area (Å²) in [5.74, 6) is 0. The van der Waals surface area contributed by atoms with Crippen molar-refractivity contribution in [2.45, 2.75) is 25.3 Å². The van der Waals surface area contributed by atoms with Gasteiger partial charge in [-0.3, -0.25) is 0 Å². The number of hydrogen-bond donors (Lipinski definition) is 2. The van der Waals surface area contributed by atoms with Crippen molar-refractivity contribution in [3.63, 3.8) is 0 Å². The number of nitrogens with two attached hydrogens (primary N) is 1. The molecule has 3 N–H and O–H groups in total. The number of ether oxygens (including phenoxy) is 1. The third-order valence-electron chi connectivity index (χ3n) is 3.05. The number of rotatable bonds is 3. The maximum atomic E-state index is 5.57. The van der Waals surface area contributed by atoms with Gasteiger partial charge in [-0.1, -0.05) is 12.2 Å². The van der Waals surface area contributed by atoms with Crippen LogP contribution in [0.25, 0.3) is 0 Å². The van der Waals surface area contributed by atoms with E-state index >= 15 is 0 Å². The molecule has 1 heterocycles. The van der Waals surface area contributed by atoms with Crippen molar-refractivity contribution < 1.29 is 4.74 Å². The molecule has 0 radical (unpaired) electrons. The molecular formula is C13H18N2OS. The van der Waals surface area contributed by atoms with Gasteiger partial charge in [-0.25, -0.2) is 0 Å². The molecule has 1 fully saturated rings. The largest absolute Gasteiger partial charge is 0.389 e. The number of benzene rings is 1. The Morgan fingerprint density at radius 2 is 2.12 bits per heavy atom. The van der Waals surface area contributed by atoms with Crippen molar-refractivity contribution in [1.82, 2.24) is 0 Å². The Balaban J connectivity index is 2.05. The molecule has 0 aliphatic carbocycles. The highest BCUT2D eigenvalue weighted by atomic mass is 32.1. The fourth-order valence-corrected chi connectivity index (χ4v) is 2.23. The van der Waals surface area contributed by atoms with Crippen LogP contribution >= 0.6 is 12.2 Å². The Bertz CT molecular complexity index is 396. The van der Waals surface area contributed by atoms with Gasteiger partial charge in [0.05, 0.1) is 12.1 Å². The van der Waals surface area contributed by atoms with Gasteiger partial charge < -0.3 is 15.8 Å². The minimum Gasteiger partial charge on any atom is -0.389 e. The highest BCUT2D eigenvalue weighted by Crippen LogP contribution is 2.24. The van der Waals surface area contributed by atoms with Crippen molar-refractivity contribution >= 4 is 22.9 Å². The molecule has 17 heavy (non-hydrogen) atoms. The molecule has 1 aliphatic rings. The lowest BCUT2D eigenvalue weighted by Crippen LogP contribution is -2.43. The average Bonchev–Trinajstić information content (AvgIpc) is 2.30. The van der Waals surface area contributed by atoms with Crippen LogP contribution in [0.2, 0.25) is 0 Å². The minimum absolute atomic E-state index is 0.0307. The zero-order valence-corrected chi connectivity index (χ0v) is 10.8. The summed E-state index contributed by atoms with van der Waals surface area (Å²) in [7, 11) is 0. The monoisotopic (exact) mass is 250 g/mol. The quantitative estimate of drug-likeness (QED) is 0.808. The van der Waals surface area contributed by atoms with Gasteiger partial charge >= 0.3 is 0 Å². The van der Waals surface area contributed by atoms with Crippen LogP contribution in [-0.4, -0.2) is 23.7 Å². The summed E-state index contributed by atoms with van der Waals surface area (Å²) in [4.78, 5) is 0.434. The maximum absolute atomic E-state index is 5.57. The molecule has 1 aromatic rings. The van der Waals surface area contributed by atoms with Gasteiger partial charge in [0.2, 0.25) is 0 Å². The lowest BCUT2D eigenvalue weighted by atomic mass is 9.94. The van der Waals surface area contributed by atoms with E-state index < -0.39 is 0 Å². The minimum atomic E-state index is 0.0307.